The Labute approximate surface area is 120 Å². The summed E-state index contributed by atoms with van der Waals surface area (Å²) in [4.78, 5) is 0. The highest BCUT2D eigenvalue weighted by Crippen LogP contribution is 2.33. The molecule has 0 unspecified atom stereocenters. The van der Waals surface area contributed by atoms with Gasteiger partial charge in [-0.1, -0.05) is 38.1 Å². The lowest BCUT2D eigenvalue weighted by atomic mass is 9.78. The van der Waals surface area contributed by atoms with Crippen LogP contribution in [0.2, 0.25) is 0 Å². The molecule has 2 aromatic carbocycles. The molecule has 0 radical (unpaired) electrons. The summed E-state index contributed by atoms with van der Waals surface area (Å²) in [6.45, 7) is 4.34. The van der Waals surface area contributed by atoms with Crippen LogP contribution in [-0.4, -0.2) is 12.2 Å². The molecule has 2 rings (SSSR count). The predicted molar refractivity (Wildman–Crippen MR) is 81.6 cm³/mol. The zero-order valence-electron chi connectivity index (χ0n) is 12.1. The van der Waals surface area contributed by atoms with E-state index < -0.39 is 0 Å². The molecule has 0 spiro atoms. The lowest BCUT2D eigenvalue weighted by Crippen LogP contribution is -2.18. The third-order valence-corrected chi connectivity index (χ3v) is 3.40. The van der Waals surface area contributed by atoms with Gasteiger partial charge in [0, 0.05) is 5.41 Å². The van der Waals surface area contributed by atoms with Crippen molar-refractivity contribution in [1.29, 1.82) is 0 Å². The van der Waals surface area contributed by atoms with Crippen molar-refractivity contribution in [1.82, 2.24) is 0 Å². The van der Waals surface area contributed by atoms with Crippen molar-refractivity contribution in [3.63, 3.8) is 0 Å². The number of phenolic OH excluding ortho intramolecular Hbond substituents is 1. The Hall–Kier alpha value is -2.04. The Balaban J connectivity index is 0.000000956. The van der Waals surface area contributed by atoms with E-state index in [2.05, 4.69) is 37.7 Å². The number of hydrogen-bond donors (Lipinski definition) is 3. The fourth-order valence-electron chi connectivity index (χ4n) is 2.05. The van der Waals surface area contributed by atoms with E-state index in [0.717, 1.165) is 5.75 Å². The largest absolute Gasteiger partial charge is 0.508 e. The van der Waals surface area contributed by atoms with Crippen LogP contribution in [-0.2, 0) is 5.41 Å². The van der Waals surface area contributed by atoms with E-state index >= 15 is 0 Å². The summed E-state index contributed by atoms with van der Waals surface area (Å²) in [5.74, 6) is 9.16. The SMILES string of the molecule is COc1ccc(C(C)(C)c2ccc(O)cc2)cc1.NN. The minimum atomic E-state index is -0.0973. The average Bonchev–Trinajstić information content (AvgIpc) is 2.50. The molecule has 0 aromatic heterocycles. The molecule has 0 saturated heterocycles. The quantitative estimate of drug-likeness (QED) is 0.593. The van der Waals surface area contributed by atoms with Gasteiger partial charge in [0.1, 0.15) is 11.5 Å². The number of phenols is 1. The van der Waals surface area contributed by atoms with Gasteiger partial charge < -0.3 is 9.84 Å². The summed E-state index contributed by atoms with van der Waals surface area (Å²) in [6, 6.07) is 15.5. The average molecular weight is 274 g/mol. The summed E-state index contributed by atoms with van der Waals surface area (Å²) < 4.78 is 5.17. The lowest BCUT2D eigenvalue weighted by Gasteiger charge is -2.26. The van der Waals surface area contributed by atoms with Crippen molar-refractivity contribution in [2.75, 3.05) is 7.11 Å². The van der Waals surface area contributed by atoms with Crippen LogP contribution >= 0.6 is 0 Å². The molecule has 0 heterocycles. The zero-order valence-corrected chi connectivity index (χ0v) is 12.1. The molecule has 0 amide bonds. The van der Waals surface area contributed by atoms with Crippen molar-refractivity contribution in [3.8, 4) is 11.5 Å². The van der Waals surface area contributed by atoms with Crippen LogP contribution in [0.4, 0.5) is 0 Å². The highest BCUT2D eigenvalue weighted by molar-refractivity contribution is 5.41. The van der Waals surface area contributed by atoms with Gasteiger partial charge in [0.25, 0.3) is 0 Å². The van der Waals surface area contributed by atoms with E-state index in [9.17, 15) is 5.11 Å². The minimum Gasteiger partial charge on any atom is -0.508 e. The van der Waals surface area contributed by atoms with Crippen molar-refractivity contribution >= 4 is 0 Å². The van der Waals surface area contributed by atoms with E-state index in [-0.39, 0.29) is 5.41 Å². The van der Waals surface area contributed by atoms with Crippen LogP contribution in [0.1, 0.15) is 25.0 Å². The third-order valence-electron chi connectivity index (χ3n) is 3.40. The molecule has 2 aromatic rings. The molecule has 20 heavy (non-hydrogen) atoms. The van der Waals surface area contributed by atoms with Gasteiger partial charge in [-0.3, -0.25) is 11.7 Å². The topological polar surface area (TPSA) is 81.5 Å². The van der Waals surface area contributed by atoms with Gasteiger partial charge in [0.05, 0.1) is 7.11 Å². The second-order valence-corrected chi connectivity index (χ2v) is 4.90. The number of rotatable bonds is 3. The molecule has 0 aliphatic heterocycles. The van der Waals surface area contributed by atoms with Gasteiger partial charge in [-0.25, -0.2) is 0 Å². The van der Waals surface area contributed by atoms with Crippen molar-refractivity contribution in [3.05, 3.63) is 59.7 Å². The molecular weight excluding hydrogens is 252 g/mol. The Kier molecular flexibility index (Phi) is 5.55. The molecule has 0 saturated carbocycles. The number of aromatic hydroxyl groups is 1. The molecule has 0 fully saturated rings. The van der Waals surface area contributed by atoms with E-state index in [1.165, 1.54) is 11.1 Å². The standard InChI is InChI=1S/C16H18O2.H4N2/c1-16(2,12-4-8-14(17)9-5-12)13-6-10-15(18-3)11-7-13;1-2/h4-11,17H,1-3H3;1-2H2. The Morgan fingerprint density at radius 3 is 1.65 bits per heavy atom. The third kappa shape index (κ3) is 3.50. The van der Waals surface area contributed by atoms with Gasteiger partial charge in [0.2, 0.25) is 0 Å². The van der Waals surface area contributed by atoms with Crippen LogP contribution in [0.5, 0.6) is 11.5 Å². The fourth-order valence-corrected chi connectivity index (χ4v) is 2.05. The number of hydrogen-bond acceptors (Lipinski definition) is 4. The number of nitrogens with two attached hydrogens (primary N) is 2. The van der Waals surface area contributed by atoms with Crippen molar-refractivity contribution < 1.29 is 9.84 Å². The molecule has 108 valence electrons. The first-order valence-corrected chi connectivity index (χ1v) is 6.31. The number of benzene rings is 2. The summed E-state index contributed by atoms with van der Waals surface area (Å²) in [7, 11) is 1.67. The lowest BCUT2D eigenvalue weighted by molar-refractivity contribution is 0.414. The summed E-state index contributed by atoms with van der Waals surface area (Å²) in [5.41, 5.74) is 2.29. The van der Waals surface area contributed by atoms with E-state index in [0.29, 0.717) is 5.75 Å². The highest BCUT2D eigenvalue weighted by Gasteiger charge is 2.22. The number of methoxy groups -OCH3 is 1. The summed E-state index contributed by atoms with van der Waals surface area (Å²) >= 11 is 0. The van der Waals surface area contributed by atoms with E-state index in [1.54, 1.807) is 19.2 Å². The number of ether oxygens (including phenoxy) is 1. The summed E-state index contributed by atoms with van der Waals surface area (Å²) in [6.07, 6.45) is 0. The molecule has 0 aliphatic carbocycles. The predicted octanol–water partition coefficient (Wildman–Crippen LogP) is 2.55. The Morgan fingerprint density at radius 1 is 0.850 bits per heavy atom. The minimum absolute atomic E-state index is 0.0973. The zero-order chi connectivity index (χ0) is 15.2. The smallest absolute Gasteiger partial charge is 0.118 e. The summed E-state index contributed by atoms with van der Waals surface area (Å²) in [5, 5.41) is 9.34. The van der Waals surface area contributed by atoms with Crippen molar-refractivity contribution in [2.24, 2.45) is 11.7 Å². The molecule has 0 bridgehead atoms. The fraction of sp³-hybridized carbons (Fsp3) is 0.250. The second-order valence-electron chi connectivity index (χ2n) is 4.90. The van der Waals surface area contributed by atoms with Crippen molar-refractivity contribution in [2.45, 2.75) is 19.3 Å². The maximum absolute atomic E-state index is 9.34. The first kappa shape index (κ1) is 16.0. The van der Waals surface area contributed by atoms with Crippen LogP contribution < -0.4 is 16.4 Å². The molecule has 0 atom stereocenters. The molecule has 4 nitrogen and oxygen atoms in total. The van der Waals surface area contributed by atoms with Crippen LogP contribution in [0.25, 0.3) is 0 Å². The molecular formula is C16H22N2O2. The Morgan fingerprint density at radius 2 is 1.25 bits per heavy atom. The van der Waals surface area contributed by atoms with Gasteiger partial charge >= 0.3 is 0 Å². The van der Waals surface area contributed by atoms with Gasteiger partial charge in [-0.2, -0.15) is 0 Å². The van der Waals surface area contributed by atoms with Crippen LogP contribution in [0.15, 0.2) is 48.5 Å². The normalized spacial score (nSPS) is 10.4. The highest BCUT2D eigenvalue weighted by atomic mass is 16.5. The first-order chi connectivity index (χ1) is 9.54. The van der Waals surface area contributed by atoms with Gasteiger partial charge in [0.15, 0.2) is 0 Å². The van der Waals surface area contributed by atoms with Gasteiger partial charge in [-0.15, -0.1) is 0 Å². The maximum atomic E-state index is 9.34. The molecule has 0 aliphatic rings. The molecule has 4 heteroatoms. The Bertz CT molecular complexity index is 519. The van der Waals surface area contributed by atoms with Crippen LogP contribution in [0.3, 0.4) is 0 Å². The van der Waals surface area contributed by atoms with E-state index in [1.807, 2.05) is 24.3 Å². The first-order valence-electron chi connectivity index (χ1n) is 6.31. The molecule has 5 N–H and O–H groups in total. The second kappa shape index (κ2) is 6.93. The number of hydrazine groups is 1. The van der Waals surface area contributed by atoms with E-state index in [4.69, 9.17) is 4.74 Å². The maximum Gasteiger partial charge on any atom is 0.118 e. The van der Waals surface area contributed by atoms with Gasteiger partial charge in [-0.05, 0) is 35.4 Å². The monoisotopic (exact) mass is 274 g/mol. The van der Waals surface area contributed by atoms with Crippen LogP contribution in [0, 0.1) is 0 Å².